The van der Waals surface area contributed by atoms with E-state index in [2.05, 4.69) is 5.32 Å². The van der Waals surface area contributed by atoms with Gasteiger partial charge in [0.25, 0.3) is 0 Å². The molecule has 0 saturated heterocycles. The lowest BCUT2D eigenvalue weighted by molar-refractivity contribution is -0.158. The van der Waals surface area contributed by atoms with E-state index in [4.69, 9.17) is 14.2 Å². The highest BCUT2D eigenvalue weighted by Gasteiger charge is 2.37. The highest BCUT2D eigenvalue weighted by atomic mass is 16.7. The van der Waals surface area contributed by atoms with E-state index in [0.29, 0.717) is 5.92 Å². The SMILES string of the molecule is COC(OC)C1CC(NC(=O)OC(C)(C)C)C1. The molecule has 1 N–H and O–H groups in total. The lowest BCUT2D eigenvalue weighted by Gasteiger charge is -2.39. The third-order valence-electron chi connectivity index (χ3n) is 2.74. The van der Waals surface area contributed by atoms with Crippen LogP contribution in [0.5, 0.6) is 0 Å². The van der Waals surface area contributed by atoms with Crippen LogP contribution in [0.3, 0.4) is 0 Å². The molecule has 0 aromatic carbocycles. The second-order valence-corrected chi connectivity index (χ2v) is 5.41. The number of methoxy groups -OCH3 is 2. The van der Waals surface area contributed by atoms with Crippen molar-refractivity contribution in [3.63, 3.8) is 0 Å². The summed E-state index contributed by atoms with van der Waals surface area (Å²) in [6.45, 7) is 5.55. The fourth-order valence-electron chi connectivity index (χ4n) is 1.96. The number of carbonyl (C=O) groups is 1. The van der Waals surface area contributed by atoms with Gasteiger partial charge in [0.2, 0.25) is 0 Å². The Morgan fingerprint density at radius 1 is 1.24 bits per heavy atom. The van der Waals surface area contributed by atoms with Crippen LogP contribution in [0.1, 0.15) is 33.6 Å². The quantitative estimate of drug-likeness (QED) is 0.769. The largest absolute Gasteiger partial charge is 0.444 e. The summed E-state index contributed by atoms with van der Waals surface area (Å²) >= 11 is 0. The van der Waals surface area contributed by atoms with Gasteiger partial charge in [-0.3, -0.25) is 0 Å². The number of amides is 1. The first kappa shape index (κ1) is 14.3. The minimum atomic E-state index is -0.450. The number of rotatable bonds is 4. The number of alkyl carbamates (subject to hydrolysis) is 1. The number of carbonyl (C=O) groups excluding carboxylic acids is 1. The average molecular weight is 245 g/mol. The molecule has 1 aliphatic carbocycles. The molecule has 1 aliphatic rings. The minimum absolute atomic E-state index is 0.169. The van der Waals surface area contributed by atoms with E-state index in [9.17, 15) is 4.79 Å². The van der Waals surface area contributed by atoms with Gasteiger partial charge < -0.3 is 19.5 Å². The van der Waals surface area contributed by atoms with Crippen molar-refractivity contribution >= 4 is 6.09 Å². The minimum Gasteiger partial charge on any atom is -0.444 e. The Labute approximate surface area is 103 Å². The topological polar surface area (TPSA) is 56.8 Å². The molecule has 1 amide bonds. The third kappa shape index (κ3) is 4.52. The molecule has 0 radical (unpaired) electrons. The summed E-state index contributed by atoms with van der Waals surface area (Å²) in [7, 11) is 3.26. The lowest BCUT2D eigenvalue weighted by Crippen LogP contribution is -2.49. The summed E-state index contributed by atoms with van der Waals surface area (Å²) in [5.74, 6) is 0.352. The first-order valence-corrected chi connectivity index (χ1v) is 5.91. The van der Waals surface area contributed by atoms with Crippen LogP contribution >= 0.6 is 0 Å². The maximum absolute atomic E-state index is 11.5. The van der Waals surface area contributed by atoms with Crippen molar-refractivity contribution in [2.45, 2.75) is 51.5 Å². The highest BCUT2D eigenvalue weighted by molar-refractivity contribution is 5.68. The fourth-order valence-corrected chi connectivity index (χ4v) is 1.96. The third-order valence-corrected chi connectivity index (χ3v) is 2.74. The van der Waals surface area contributed by atoms with Crippen LogP contribution in [0.2, 0.25) is 0 Å². The van der Waals surface area contributed by atoms with Gasteiger partial charge in [-0.2, -0.15) is 0 Å². The second kappa shape index (κ2) is 5.69. The lowest BCUT2D eigenvalue weighted by atomic mass is 9.80. The zero-order valence-corrected chi connectivity index (χ0v) is 11.3. The van der Waals surface area contributed by atoms with E-state index < -0.39 is 5.60 Å². The van der Waals surface area contributed by atoms with Crippen LogP contribution in [0, 0.1) is 5.92 Å². The Morgan fingerprint density at radius 3 is 2.18 bits per heavy atom. The van der Waals surface area contributed by atoms with E-state index in [1.165, 1.54) is 0 Å². The molecule has 0 spiro atoms. The summed E-state index contributed by atoms with van der Waals surface area (Å²) < 4.78 is 15.5. The van der Waals surface area contributed by atoms with Crippen molar-refractivity contribution in [1.29, 1.82) is 0 Å². The van der Waals surface area contributed by atoms with Crippen molar-refractivity contribution < 1.29 is 19.0 Å². The Kier molecular flexibility index (Phi) is 4.77. The van der Waals surface area contributed by atoms with Crippen molar-refractivity contribution in [2.24, 2.45) is 5.92 Å². The van der Waals surface area contributed by atoms with E-state index >= 15 is 0 Å². The summed E-state index contributed by atoms with van der Waals surface area (Å²) in [4.78, 5) is 11.5. The van der Waals surface area contributed by atoms with E-state index in [1.54, 1.807) is 14.2 Å². The van der Waals surface area contributed by atoms with Gasteiger partial charge in [0.1, 0.15) is 5.60 Å². The smallest absolute Gasteiger partial charge is 0.407 e. The molecule has 0 heterocycles. The fraction of sp³-hybridized carbons (Fsp3) is 0.917. The van der Waals surface area contributed by atoms with Crippen molar-refractivity contribution in [3.05, 3.63) is 0 Å². The van der Waals surface area contributed by atoms with Gasteiger partial charge in [-0.1, -0.05) is 0 Å². The number of hydrogen-bond acceptors (Lipinski definition) is 4. The molecule has 0 aromatic heterocycles. The first-order chi connectivity index (χ1) is 7.85. The molecule has 0 aromatic rings. The summed E-state index contributed by atoms with van der Waals surface area (Å²) in [6, 6.07) is 0.169. The molecule has 0 unspecified atom stereocenters. The zero-order valence-electron chi connectivity index (χ0n) is 11.3. The van der Waals surface area contributed by atoms with E-state index in [0.717, 1.165) is 12.8 Å². The number of ether oxygens (including phenoxy) is 3. The predicted octanol–water partition coefficient (Wildman–Crippen LogP) is 1.91. The Hall–Kier alpha value is -0.810. The summed E-state index contributed by atoms with van der Waals surface area (Å²) in [6.07, 6.45) is 1.20. The normalized spacial score (nSPS) is 24.4. The average Bonchev–Trinajstić information content (AvgIpc) is 2.12. The molecule has 100 valence electrons. The van der Waals surface area contributed by atoms with Crippen LogP contribution in [0.25, 0.3) is 0 Å². The summed E-state index contributed by atoms with van der Waals surface area (Å²) in [5.41, 5.74) is -0.450. The molecule has 5 nitrogen and oxygen atoms in total. The van der Waals surface area contributed by atoms with Crippen LogP contribution < -0.4 is 5.32 Å². The van der Waals surface area contributed by atoms with Crippen molar-refractivity contribution in [1.82, 2.24) is 5.32 Å². The van der Waals surface area contributed by atoms with Gasteiger partial charge in [-0.15, -0.1) is 0 Å². The molecule has 1 fully saturated rings. The predicted molar refractivity (Wildman–Crippen MR) is 63.7 cm³/mol. The van der Waals surface area contributed by atoms with Crippen LogP contribution in [-0.4, -0.2) is 38.2 Å². The standard InChI is InChI=1S/C12H23NO4/c1-12(2,3)17-11(14)13-9-6-8(7-9)10(15-4)16-5/h8-10H,6-7H2,1-5H3,(H,13,14). The molecule has 0 bridgehead atoms. The van der Waals surface area contributed by atoms with Crippen LogP contribution in [0.4, 0.5) is 4.79 Å². The van der Waals surface area contributed by atoms with Gasteiger partial charge in [-0.05, 0) is 33.6 Å². The van der Waals surface area contributed by atoms with Gasteiger partial charge in [-0.25, -0.2) is 4.79 Å². The molecule has 17 heavy (non-hydrogen) atoms. The Bertz CT molecular complexity index is 252. The van der Waals surface area contributed by atoms with Crippen molar-refractivity contribution in [2.75, 3.05) is 14.2 Å². The van der Waals surface area contributed by atoms with Crippen molar-refractivity contribution in [3.8, 4) is 0 Å². The molecular weight excluding hydrogens is 222 g/mol. The van der Waals surface area contributed by atoms with Gasteiger partial charge in [0, 0.05) is 26.2 Å². The highest BCUT2D eigenvalue weighted by Crippen LogP contribution is 2.32. The van der Waals surface area contributed by atoms with Gasteiger partial charge in [0.15, 0.2) is 6.29 Å². The number of nitrogens with one attached hydrogen (secondary N) is 1. The van der Waals surface area contributed by atoms with E-state index in [1.807, 2.05) is 20.8 Å². The maximum Gasteiger partial charge on any atom is 0.407 e. The Balaban J connectivity index is 2.23. The van der Waals surface area contributed by atoms with Crippen LogP contribution in [-0.2, 0) is 14.2 Å². The first-order valence-electron chi connectivity index (χ1n) is 5.91. The zero-order chi connectivity index (χ0) is 13.1. The molecule has 0 aliphatic heterocycles. The molecule has 5 heteroatoms. The van der Waals surface area contributed by atoms with Gasteiger partial charge >= 0.3 is 6.09 Å². The maximum atomic E-state index is 11.5. The molecule has 1 rings (SSSR count). The summed E-state index contributed by atoms with van der Waals surface area (Å²) in [5, 5.41) is 2.83. The Morgan fingerprint density at radius 2 is 1.76 bits per heavy atom. The molecular formula is C12H23NO4. The van der Waals surface area contributed by atoms with E-state index in [-0.39, 0.29) is 18.4 Å². The monoisotopic (exact) mass is 245 g/mol. The second-order valence-electron chi connectivity index (χ2n) is 5.41. The van der Waals surface area contributed by atoms with Crippen LogP contribution in [0.15, 0.2) is 0 Å². The molecule has 1 saturated carbocycles. The van der Waals surface area contributed by atoms with Gasteiger partial charge in [0.05, 0.1) is 0 Å². The molecule has 0 atom stereocenters. The number of hydrogen-bond donors (Lipinski definition) is 1.